The molecule has 0 bridgehead atoms. The minimum Gasteiger partial charge on any atom is -0.487 e. The molecule has 1 aromatic heterocycles. The van der Waals surface area contributed by atoms with Crippen LogP contribution in [0, 0.1) is 5.82 Å². The fraction of sp³-hybridized carbons (Fsp3) is 0.304. The summed E-state index contributed by atoms with van der Waals surface area (Å²) in [5.41, 5.74) is -0.622. The topological polar surface area (TPSA) is 118 Å². The molecule has 0 fully saturated rings. The van der Waals surface area contributed by atoms with Gasteiger partial charge in [-0.05, 0) is 50.2 Å². The monoisotopic (exact) mass is 509 g/mol. The number of amides is 2. The average molecular weight is 509 g/mol. The molecule has 0 radical (unpaired) electrons. The molecule has 192 valence electrons. The van der Waals surface area contributed by atoms with Gasteiger partial charge in [0.2, 0.25) is 0 Å². The fourth-order valence-corrected chi connectivity index (χ4v) is 2.97. The summed E-state index contributed by atoms with van der Waals surface area (Å²) in [7, 11) is 0. The summed E-state index contributed by atoms with van der Waals surface area (Å²) >= 11 is 0. The maximum atomic E-state index is 13.5. The minimum atomic E-state index is -4.55. The summed E-state index contributed by atoms with van der Waals surface area (Å²) in [5, 5.41) is 21.8. The van der Waals surface area contributed by atoms with E-state index in [1.165, 1.54) is 47.1 Å². The van der Waals surface area contributed by atoms with Crippen molar-refractivity contribution in [1.82, 2.24) is 25.6 Å². The number of carbonyl (C=O) groups excluding carboxylic acids is 2. The van der Waals surface area contributed by atoms with Gasteiger partial charge in [0.25, 0.3) is 11.8 Å². The summed E-state index contributed by atoms with van der Waals surface area (Å²) in [4.78, 5) is 24.8. The molecule has 1 heterocycles. The van der Waals surface area contributed by atoms with Crippen molar-refractivity contribution in [2.75, 3.05) is 13.2 Å². The van der Waals surface area contributed by atoms with Crippen molar-refractivity contribution in [3.05, 3.63) is 71.3 Å². The number of aliphatic hydroxyl groups is 1. The Hall–Kier alpha value is -4.00. The average Bonchev–Trinajstić information content (AvgIpc) is 3.25. The van der Waals surface area contributed by atoms with Crippen LogP contribution >= 0.6 is 0 Å². The lowest BCUT2D eigenvalue weighted by Crippen LogP contribution is -2.46. The summed E-state index contributed by atoms with van der Waals surface area (Å²) < 4.78 is 57.5. The van der Waals surface area contributed by atoms with Crippen LogP contribution in [0.1, 0.15) is 40.4 Å². The van der Waals surface area contributed by atoms with E-state index in [9.17, 15) is 32.3 Å². The van der Waals surface area contributed by atoms with E-state index in [0.29, 0.717) is 5.69 Å². The molecule has 0 aliphatic heterocycles. The van der Waals surface area contributed by atoms with Crippen LogP contribution in [0.4, 0.5) is 17.6 Å². The predicted molar refractivity (Wildman–Crippen MR) is 119 cm³/mol. The minimum absolute atomic E-state index is 0.0247. The zero-order chi connectivity index (χ0) is 26.5. The molecule has 3 N–H and O–H groups in total. The van der Waals surface area contributed by atoms with Crippen LogP contribution in [0.15, 0.2) is 48.5 Å². The molecular weight excluding hydrogens is 486 g/mol. The van der Waals surface area contributed by atoms with Crippen molar-refractivity contribution in [2.45, 2.75) is 32.2 Å². The third-order valence-corrected chi connectivity index (χ3v) is 4.82. The van der Waals surface area contributed by atoms with Crippen LogP contribution < -0.4 is 15.4 Å². The fourth-order valence-electron chi connectivity index (χ4n) is 2.97. The summed E-state index contributed by atoms with van der Waals surface area (Å²) in [6.07, 6.45) is -4.55. The highest BCUT2D eigenvalue weighted by atomic mass is 19.4. The lowest BCUT2D eigenvalue weighted by Gasteiger charge is -2.23. The Morgan fingerprint density at radius 3 is 2.39 bits per heavy atom. The van der Waals surface area contributed by atoms with Gasteiger partial charge in [-0.15, -0.1) is 5.10 Å². The molecule has 0 aliphatic carbocycles. The molecule has 3 rings (SSSR count). The van der Waals surface area contributed by atoms with Gasteiger partial charge in [0.15, 0.2) is 5.69 Å². The maximum absolute atomic E-state index is 13.5. The van der Waals surface area contributed by atoms with E-state index in [4.69, 9.17) is 4.74 Å². The third-order valence-electron chi connectivity index (χ3n) is 4.82. The number of alkyl halides is 3. The molecule has 0 saturated carbocycles. The number of benzene rings is 2. The van der Waals surface area contributed by atoms with Gasteiger partial charge in [-0.3, -0.25) is 9.59 Å². The van der Waals surface area contributed by atoms with Crippen molar-refractivity contribution < 1.29 is 37.0 Å². The number of rotatable bonds is 9. The lowest BCUT2D eigenvalue weighted by atomic mass is 10.1. The maximum Gasteiger partial charge on any atom is 0.405 e. The number of halogens is 4. The molecule has 0 unspecified atom stereocenters. The van der Waals surface area contributed by atoms with Gasteiger partial charge in [-0.2, -0.15) is 13.2 Å². The van der Waals surface area contributed by atoms with Gasteiger partial charge in [0, 0.05) is 11.6 Å². The van der Waals surface area contributed by atoms with Crippen LogP contribution in [-0.4, -0.2) is 56.8 Å². The van der Waals surface area contributed by atoms with Gasteiger partial charge in [0.1, 0.15) is 30.4 Å². The normalized spacial score (nSPS) is 11.8. The highest BCUT2D eigenvalue weighted by molar-refractivity contribution is 5.95. The van der Waals surface area contributed by atoms with E-state index in [0.717, 1.165) is 6.07 Å². The van der Waals surface area contributed by atoms with Crippen LogP contribution in [0.5, 0.6) is 5.75 Å². The number of hydrogen-bond donors (Lipinski definition) is 3. The number of carbonyl (C=O) groups is 2. The Labute approximate surface area is 203 Å². The third kappa shape index (κ3) is 7.01. The lowest BCUT2D eigenvalue weighted by molar-refractivity contribution is -0.123. The van der Waals surface area contributed by atoms with E-state index < -0.39 is 35.9 Å². The first kappa shape index (κ1) is 26.6. The quantitative estimate of drug-likeness (QED) is 0.382. The number of hydrogen-bond acceptors (Lipinski definition) is 6. The van der Waals surface area contributed by atoms with Crippen molar-refractivity contribution in [1.29, 1.82) is 0 Å². The van der Waals surface area contributed by atoms with Gasteiger partial charge in [-0.1, -0.05) is 11.3 Å². The van der Waals surface area contributed by atoms with E-state index in [1.807, 2.05) is 0 Å². The molecule has 36 heavy (non-hydrogen) atoms. The number of nitrogens with one attached hydrogen (secondary N) is 2. The first-order valence-electron chi connectivity index (χ1n) is 10.6. The van der Waals surface area contributed by atoms with Gasteiger partial charge in [0.05, 0.1) is 17.8 Å². The predicted octanol–water partition coefficient (Wildman–Crippen LogP) is 2.78. The number of aliphatic hydroxyl groups excluding tert-OH is 1. The molecule has 2 amide bonds. The molecule has 2 aromatic carbocycles. The molecule has 9 nitrogen and oxygen atoms in total. The van der Waals surface area contributed by atoms with Gasteiger partial charge in [-0.25, -0.2) is 9.07 Å². The first-order valence-corrected chi connectivity index (χ1v) is 10.6. The van der Waals surface area contributed by atoms with E-state index in [-0.39, 0.29) is 35.9 Å². The molecular formula is C23H23F4N5O4. The standard InChI is InChI=1S/C23H23F4N5O4/c1-22(2,13-33)29-21(35)19-18(11-36-17-5-3-4-15(24)10-17)32(31-30-19)16-8-6-14(7-9-16)20(34)28-12-23(25,26)27/h3-10,33H,11-13H2,1-2H3,(H,28,34)(H,29,35). The van der Waals surface area contributed by atoms with E-state index >= 15 is 0 Å². The SMILES string of the molecule is CC(C)(CO)NC(=O)c1nnn(-c2ccc(C(=O)NCC(F)(F)F)cc2)c1COc1cccc(F)c1. The zero-order valence-corrected chi connectivity index (χ0v) is 19.3. The largest absolute Gasteiger partial charge is 0.487 e. The van der Waals surface area contributed by atoms with Gasteiger partial charge < -0.3 is 20.5 Å². The van der Waals surface area contributed by atoms with Crippen molar-refractivity contribution in [2.24, 2.45) is 0 Å². The number of aromatic nitrogens is 3. The van der Waals surface area contributed by atoms with Gasteiger partial charge >= 0.3 is 6.18 Å². The Kier molecular flexibility index (Phi) is 7.93. The molecule has 3 aromatic rings. The molecule has 0 atom stereocenters. The second kappa shape index (κ2) is 10.7. The Bertz CT molecular complexity index is 1230. The second-order valence-corrected chi connectivity index (χ2v) is 8.38. The zero-order valence-electron chi connectivity index (χ0n) is 19.3. The van der Waals surface area contributed by atoms with E-state index in [1.54, 1.807) is 19.2 Å². The smallest absolute Gasteiger partial charge is 0.405 e. The molecule has 0 spiro atoms. The van der Waals surface area contributed by atoms with Crippen LogP contribution in [-0.2, 0) is 6.61 Å². The second-order valence-electron chi connectivity index (χ2n) is 8.38. The highest BCUT2D eigenvalue weighted by Gasteiger charge is 2.28. The molecule has 0 saturated heterocycles. The van der Waals surface area contributed by atoms with Crippen molar-refractivity contribution in [3.63, 3.8) is 0 Å². The Morgan fingerprint density at radius 1 is 1.08 bits per heavy atom. The summed E-state index contributed by atoms with van der Waals surface area (Å²) in [6.45, 7) is 1.12. The highest BCUT2D eigenvalue weighted by Crippen LogP contribution is 2.20. The summed E-state index contributed by atoms with van der Waals surface area (Å²) in [5.74, 6) is -1.91. The summed E-state index contributed by atoms with van der Waals surface area (Å²) in [6, 6.07) is 10.7. The Morgan fingerprint density at radius 2 is 1.78 bits per heavy atom. The Balaban J connectivity index is 1.89. The number of nitrogens with zero attached hydrogens (tertiary/aromatic N) is 3. The van der Waals surface area contributed by atoms with Crippen LogP contribution in [0.3, 0.4) is 0 Å². The van der Waals surface area contributed by atoms with E-state index in [2.05, 4.69) is 15.6 Å². The first-order chi connectivity index (χ1) is 16.9. The van der Waals surface area contributed by atoms with Crippen molar-refractivity contribution >= 4 is 11.8 Å². The van der Waals surface area contributed by atoms with Crippen LogP contribution in [0.2, 0.25) is 0 Å². The molecule has 13 heteroatoms. The van der Waals surface area contributed by atoms with Crippen LogP contribution in [0.25, 0.3) is 5.69 Å². The number of ether oxygens (including phenoxy) is 1. The van der Waals surface area contributed by atoms with Crippen molar-refractivity contribution in [3.8, 4) is 11.4 Å². The molecule has 0 aliphatic rings.